The molecule has 23 heavy (non-hydrogen) atoms. The van der Waals surface area contributed by atoms with Gasteiger partial charge in [0.2, 0.25) is 0 Å². The number of nitrogens with one attached hydrogen (secondary N) is 1. The van der Waals surface area contributed by atoms with Crippen LogP contribution < -0.4 is 5.32 Å². The van der Waals surface area contributed by atoms with Gasteiger partial charge in [0.1, 0.15) is 6.10 Å². The summed E-state index contributed by atoms with van der Waals surface area (Å²) in [5.41, 5.74) is 4.39. The highest BCUT2D eigenvalue weighted by Gasteiger charge is 2.18. The van der Waals surface area contributed by atoms with E-state index in [9.17, 15) is 9.90 Å². The van der Waals surface area contributed by atoms with E-state index in [1.54, 1.807) is 26.0 Å². The number of benzene rings is 2. The lowest BCUT2D eigenvalue weighted by atomic mass is 10.1. The molecule has 2 aromatic carbocycles. The van der Waals surface area contributed by atoms with Gasteiger partial charge in [0.25, 0.3) is 0 Å². The number of aryl methyl sites for hydroxylation is 1. The normalized spacial score (nSPS) is 13.3. The fraction of sp³-hybridized carbons (Fsp3) is 0.316. The maximum absolute atomic E-state index is 12.3. The van der Waals surface area contributed by atoms with Gasteiger partial charge in [-0.3, -0.25) is 0 Å². The van der Waals surface area contributed by atoms with Crippen LogP contribution >= 0.6 is 0 Å². The van der Waals surface area contributed by atoms with Crippen molar-refractivity contribution in [3.63, 3.8) is 0 Å². The second kappa shape index (κ2) is 7.29. The van der Waals surface area contributed by atoms with Crippen molar-refractivity contribution in [3.8, 4) is 0 Å². The molecule has 4 nitrogen and oxygen atoms in total. The Kier molecular flexibility index (Phi) is 5.40. The zero-order chi connectivity index (χ0) is 17.0. The van der Waals surface area contributed by atoms with Gasteiger partial charge in [-0.15, -0.1) is 0 Å². The Hall–Kier alpha value is -2.33. The van der Waals surface area contributed by atoms with Gasteiger partial charge in [-0.25, -0.2) is 4.79 Å². The molecule has 0 bridgehead atoms. The van der Waals surface area contributed by atoms with E-state index in [1.165, 1.54) is 5.56 Å². The van der Waals surface area contributed by atoms with Crippen molar-refractivity contribution >= 4 is 17.3 Å². The summed E-state index contributed by atoms with van der Waals surface area (Å²) in [5, 5.41) is 12.8. The number of aliphatic hydroxyl groups excluding tert-OH is 1. The summed E-state index contributed by atoms with van der Waals surface area (Å²) in [7, 11) is 0. The van der Waals surface area contributed by atoms with Crippen molar-refractivity contribution in [1.82, 2.24) is 0 Å². The molecule has 0 heterocycles. The third kappa shape index (κ3) is 4.11. The minimum Gasteiger partial charge on any atom is -0.456 e. The zero-order valence-electron chi connectivity index (χ0n) is 14.0. The van der Waals surface area contributed by atoms with E-state index in [0.29, 0.717) is 11.3 Å². The van der Waals surface area contributed by atoms with E-state index in [4.69, 9.17) is 4.74 Å². The Morgan fingerprint density at radius 1 is 1.04 bits per heavy atom. The highest BCUT2D eigenvalue weighted by atomic mass is 16.6. The molecule has 0 radical (unpaired) electrons. The van der Waals surface area contributed by atoms with Crippen LogP contribution in [0.3, 0.4) is 0 Å². The van der Waals surface area contributed by atoms with Crippen LogP contribution in [0.4, 0.5) is 11.4 Å². The van der Waals surface area contributed by atoms with Gasteiger partial charge < -0.3 is 15.2 Å². The fourth-order valence-corrected chi connectivity index (χ4v) is 2.13. The molecular formula is C19H23NO3. The average Bonchev–Trinajstić information content (AvgIpc) is 2.52. The predicted molar refractivity (Wildman–Crippen MR) is 92.2 cm³/mol. The summed E-state index contributed by atoms with van der Waals surface area (Å²) < 4.78 is 5.30. The lowest BCUT2D eigenvalue weighted by Gasteiger charge is -2.18. The number of ether oxygens (including phenoxy) is 1. The van der Waals surface area contributed by atoms with Crippen LogP contribution in [0.25, 0.3) is 0 Å². The van der Waals surface area contributed by atoms with Crippen molar-refractivity contribution in [2.75, 3.05) is 5.32 Å². The standard InChI is InChI=1S/C19H23NO3/c1-12-8-7-11-17(13(12)2)20-18-10-6-5-9-16(18)19(22)23-15(4)14(3)21/h5-11,14-15,20-21H,1-4H3. The highest BCUT2D eigenvalue weighted by molar-refractivity contribution is 5.96. The van der Waals surface area contributed by atoms with Crippen molar-refractivity contribution in [3.05, 3.63) is 59.2 Å². The van der Waals surface area contributed by atoms with Crippen molar-refractivity contribution < 1.29 is 14.6 Å². The summed E-state index contributed by atoms with van der Waals surface area (Å²) in [6.45, 7) is 7.35. The summed E-state index contributed by atoms with van der Waals surface area (Å²) in [6.07, 6.45) is -1.27. The predicted octanol–water partition coefficient (Wildman–Crippen LogP) is 3.97. The fourth-order valence-electron chi connectivity index (χ4n) is 2.13. The third-order valence-electron chi connectivity index (χ3n) is 3.99. The summed E-state index contributed by atoms with van der Waals surface area (Å²) in [5.74, 6) is -0.452. The first-order chi connectivity index (χ1) is 10.9. The molecule has 0 fully saturated rings. The Morgan fingerprint density at radius 2 is 1.70 bits per heavy atom. The van der Waals surface area contributed by atoms with Gasteiger partial charge in [-0.05, 0) is 57.0 Å². The summed E-state index contributed by atoms with van der Waals surface area (Å²) in [4.78, 5) is 12.3. The number of para-hydroxylation sites is 1. The molecular weight excluding hydrogens is 290 g/mol. The quantitative estimate of drug-likeness (QED) is 0.820. The van der Waals surface area contributed by atoms with Crippen LogP contribution in [0.1, 0.15) is 35.3 Å². The number of aliphatic hydroxyl groups is 1. The molecule has 4 heteroatoms. The zero-order valence-corrected chi connectivity index (χ0v) is 14.0. The van der Waals surface area contributed by atoms with E-state index in [2.05, 4.69) is 5.32 Å². The van der Waals surface area contributed by atoms with Gasteiger partial charge >= 0.3 is 5.97 Å². The topological polar surface area (TPSA) is 58.6 Å². The van der Waals surface area contributed by atoms with Crippen molar-refractivity contribution in [2.45, 2.75) is 39.9 Å². The van der Waals surface area contributed by atoms with Crippen LogP contribution in [-0.2, 0) is 4.74 Å². The number of carbonyl (C=O) groups is 1. The molecule has 0 saturated carbocycles. The molecule has 0 aliphatic heterocycles. The van der Waals surface area contributed by atoms with Crippen LogP contribution in [0.15, 0.2) is 42.5 Å². The number of hydrogen-bond acceptors (Lipinski definition) is 4. The molecule has 0 spiro atoms. The molecule has 0 amide bonds. The smallest absolute Gasteiger partial charge is 0.340 e. The van der Waals surface area contributed by atoms with E-state index >= 15 is 0 Å². The molecule has 2 rings (SSSR count). The Labute approximate surface area is 137 Å². The maximum atomic E-state index is 12.3. The molecule has 122 valence electrons. The molecule has 0 aliphatic rings. The number of esters is 1. The molecule has 0 saturated heterocycles. The molecule has 2 unspecified atom stereocenters. The summed E-state index contributed by atoms with van der Waals surface area (Å²) in [6, 6.07) is 13.2. The minimum absolute atomic E-state index is 0.445. The Bertz CT molecular complexity index is 695. The molecule has 0 aromatic heterocycles. The SMILES string of the molecule is Cc1cccc(Nc2ccccc2C(=O)OC(C)C(C)O)c1C. The number of rotatable bonds is 5. The van der Waals surface area contributed by atoms with E-state index in [-0.39, 0.29) is 0 Å². The summed E-state index contributed by atoms with van der Waals surface area (Å²) >= 11 is 0. The number of hydrogen-bond donors (Lipinski definition) is 2. The monoisotopic (exact) mass is 313 g/mol. The van der Waals surface area contributed by atoms with Gasteiger partial charge in [-0.1, -0.05) is 24.3 Å². The van der Waals surface area contributed by atoms with E-state index < -0.39 is 18.2 Å². The highest BCUT2D eigenvalue weighted by Crippen LogP contribution is 2.26. The largest absolute Gasteiger partial charge is 0.456 e. The van der Waals surface area contributed by atoms with Crippen LogP contribution in [0.5, 0.6) is 0 Å². The maximum Gasteiger partial charge on any atom is 0.340 e. The minimum atomic E-state index is -0.710. The Morgan fingerprint density at radius 3 is 2.39 bits per heavy atom. The van der Waals surface area contributed by atoms with E-state index in [0.717, 1.165) is 11.3 Å². The first kappa shape index (κ1) is 17.0. The molecule has 2 aromatic rings. The van der Waals surface area contributed by atoms with Gasteiger partial charge in [0.15, 0.2) is 0 Å². The molecule has 2 atom stereocenters. The van der Waals surface area contributed by atoms with Gasteiger partial charge in [0.05, 0.1) is 17.4 Å². The van der Waals surface area contributed by atoms with Crippen LogP contribution in [-0.4, -0.2) is 23.3 Å². The van der Waals surface area contributed by atoms with Gasteiger partial charge in [0, 0.05) is 5.69 Å². The van der Waals surface area contributed by atoms with Crippen LogP contribution in [0, 0.1) is 13.8 Å². The van der Waals surface area contributed by atoms with Crippen LogP contribution in [0.2, 0.25) is 0 Å². The second-order valence-electron chi connectivity index (χ2n) is 5.77. The first-order valence-electron chi connectivity index (χ1n) is 7.71. The van der Waals surface area contributed by atoms with E-state index in [1.807, 2.05) is 44.2 Å². The number of carbonyl (C=O) groups excluding carboxylic acids is 1. The first-order valence-corrected chi connectivity index (χ1v) is 7.71. The molecule has 2 N–H and O–H groups in total. The Balaban J connectivity index is 2.27. The third-order valence-corrected chi connectivity index (χ3v) is 3.99. The van der Waals surface area contributed by atoms with Gasteiger partial charge in [-0.2, -0.15) is 0 Å². The lowest BCUT2D eigenvalue weighted by molar-refractivity contribution is -0.00459. The lowest BCUT2D eigenvalue weighted by Crippen LogP contribution is -2.26. The van der Waals surface area contributed by atoms with Crippen molar-refractivity contribution in [2.24, 2.45) is 0 Å². The average molecular weight is 313 g/mol. The second-order valence-corrected chi connectivity index (χ2v) is 5.77. The molecule has 0 aliphatic carbocycles. The number of anilines is 2. The van der Waals surface area contributed by atoms with Crippen molar-refractivity contribution in [1.29, 1.82) is 0 Å².